The van der Waals surface area contributed by atoms with E-state index in [0.29, 0.717) is 5.56 Å². The Morgan fingerprint density at radius 3 is 2.48 bits per heavy atom. The topological polar surface area (TPSA) is 66.8 Å². The predicted molar refractivity (Wildman–Crippen MR) is 89.9 cm³/mol. The lowest BCUT2D eigenvalue weighted by atomic mass is 10.0. The van der Waals surface area contributed by atoms with Crippen molar-refractivity contribution in [2.45, 2.75) is 13.0 Å². The van der Waals surface area contributed by atoms with Crippen LogP contribution in [0.3, 0.4) is 0 Å². The van der Waals surface area contributed by atoms with E-state index in [9.17, 15) is 19.1 Å². The van der Waals surface area contributed by atoms with Gasteiger partial charge in [-0.25, -0.2) is 9.18 Å². The first-order valence-corrected chi connectivity index (χ1v) is 7.95. The van der Waals surface area contributed by atoms with Crippen molar-refractivity contribution >= 4 is 11.9 Å². The van der Waals surface area contributed by atoms with Gasteiger partial charge in [0.25, 0.3) is 5.91 Å². The Morgan fingerprint density at radius 2 is 1.84 bits per heavy atom. The molecule has 25 heavy (non-hydrogen) atoms. The summed E-state index contributed by atoms with van der Waals surface area (Å²) in [6, 6.07) is 10.9. The first-order chi connectivity index (χ1) is 12.0. The van der Waals surface area contributed by atoms with E-state index in [1.165, 1.54) is 12.1 Å². The number of rotatable bonds is 3. The largest absolute Gasteiger partial charge is 0.480 e. The number of amides is 1. The first kappa shape index (κ1) is 17.1. The lowest BCUT2D eigenvalue weighted by Gasteiger charge is -2.33. The number of benzene rings is 2. The zero-order chi connectivity index (χ0) is 18.0. The fraction of sp³-hybridized carbons (Fsp3) is 0.263. The molecular weight excluding hydrogens is 325 g/mol. The van der Waals surface area contributed by atoms with Crippen LogP contribution >= 0.6 is 0 Å². The van der Waals surface area contributed by atoms with Gasteiger partial charge in [-0.05, 0) is 30.2 Å². The molecule has 2 aromatic rings. The summed E-state index contributed by atoms with van der Waals surface area (Å²) in [5.74, 6) is -2.47. The van der Waals surface area contributed by atoms with Crippen molar-refractivity contribution < 1.29 is 23.8 Å². The van der Waals surface area contributed by atoms with Gasteiger partial charge < -0.3 is 14.7 Å². The molecular formula is C19H18FNO4. The summed E-state index contributed by atoms with van der Waals surface area (Å²) >= 11 is 0. The molecule has 6 heteroatoms. The Kier molecular flexibility index (Phi) is 4.81. The minimum atomic E-state index is -1.16. The van der Waals surface area contributed by atoms with Gasteiger partial charge in [0.2, 0.25) is 0 Å². The van der Waals surface area contributed by atoms with Crippen LogP contribution in [0.4, 0.5) is 4.39 Å². The number of carbonyl (C=O) groups is 2. The number of carboxylic acids is 1. The van der Waals surface area contributed by atoms with Crippen molar-refractivity contribution in [2.24, 2.45) is 0 Å². The van der Waals surface area contributed by atoms with Crippen LogP contribution < -0.4 is 0 Å². The quantitative estimate of drug-likeness (QED) is 0.931. The van der Waals surface area contributed by atoms with Crippen LogP contribution in [0.2, 0.25) is 0 Å². The van der Waals surface area contributed by atoms with Crippen LogP contribution in [0.5, 0.6) is 0 Å². The Balaban J connectivity index is 1.88. The van der Waals surface area contributed by atoms with E-state index in [1.807, 2.05) is 31.2 Å². The normalized spacial score (nSPS) is 17.4. The van der Waals surface area contributed by atoms with Crippen LogP contribution in [0.1, 0.15) is 15.9 Å². The smallest absolute Gasteiger partial charge is 0.328 e. The molecule has 1 heterocycles. The van der Waals surface area contributed by atoms with Crippen LogP contribution in [-0.4, -0.2) is 47.7 Å². The number of nitrogens with zero attached hydrogens (tertiary/aromatic N) is 1. The molecule has 0 aromatic heterocycles. The summed E-state index contributed by atoms with van der Waals surface area (Å²) < 4.78 is 19.6. The minimum Gasteiger partial charge on any atom is -0.480 e. The molecule has 1 N–H and O–H groups in total. The Bertz CT molecular complexity index is 804. The molecule has 1 fully saturated rings. The molecule has 0 aliphatic carbocycles. The van der Waals surface area contributed by atoms with Crippen LogP contribution in [0.15, 0.2) is 42.5 Å². The number of hydrogen-bond donors (Lipinski definition) is 1. The van der Waals surface area contributed by atoms with Crippen LogP contribution in [0, 0.1) is 12.7 Å². The van der Waals surface area contributed by atoms with E-state index in [1.54, 1.807) is 6.07 Å². The number of carbonyl (C=O) groups excluding carboxylic acids is 1. The van der Waals surface area contributed by atoms with E-state index < -0.39 is 23.7 Å². The first-order valence-electron chi connectivity index (χ1n) is 7.95. The fourth-order valence-electron chi connectivity index (χ4n) is 2.82. The zero-order valence-corrected chi connectivity index (χ0v) is 13.7. The molecule has 3 rings (SSSR count). The summed E-state index contributed by atoms with van der Waals surface area (Å²) in [6.07, 6.45) is 0. The van der Waals surface area contributed by atoms with Crippen LogP contribution in [0.25, 0.3) is 11.1 Å². The highest BCUT2D eigenvalue weighted by Gasteiger charge is 2.34. The number of ether oxygens (including phenoxy) is 1. The highest BCUT2D eigenvalue weighted by atomic mass is 19.1. The molecule has 5 nitrogen and oxygen atoms in total. The molecule has 1 atom stereocenters. The van der Waals surface area contributed by atoms with Gasteiger partial charge in [-0.1, -0.05) is 35.9 Å². The van der Waals surface area contributed by atoms with Crippen molar-refractivity contribution in [3.63, 3.8) is 0 Å². The SMILES string of the molecule is Cc1ccc(-c2ccc(C(=O)N3CCOCC3C(=O)O)c(F)c2)cc1. The molecule has 1 amide bonds. The van der Waals surface area contributed by atoms with E-state index in [-0.39, 0.29) is 25.3 Å². The second kappa shape index (κ2) is 7.03. The van der Waals surface area contributed by atoms with Gasteiger partial charge in [0.05, 0.1) is 18.8 Å². The van der Waals surface area contributed by atoms with Gasteiger partial charge in [0.15, 0.2) is 6.04 Å². The molecule has 1 saturated heterocycles. The third-order valence-corrected chi connectivity index (χ3v) is 4.26. The summed E-state index contributed by atoms with van der Waals surface area (Å²) in [5, 5.41) is 9.22. The lowest BCUT2D eigenvalue weighted by Crippen LogP contribution is -2.52. The van der Waals surface area contributed by atoms with E-state index >= 15 is 0 Å². The number of carboxylic acid groups (broad SMARTS) is 1. The fourth-order valence-corrected chi connectivity index (χ4v) is 2.82. The highest BCUT2D eigenvalue weighted by molar-refractivity contribution is 5.97. The molecule has 0 radical (unpaired) electrons. The Morgan fingerprint density at radius 1 is 1.16 bits per heavy atom. The average Bonchev–Trinajstić information content (AvgIpc) is 2.61. The second-order valence-corrected chi connectivity index (χ2v) is 5.99. The lowest BCUT2D eigenvalue weighted by molar-refractivity contribution is -0.147. The van der Waals surface area contributed by atoms with Crippen molar-refractivity contribution in [3.05, 3.63) is 59.4 Å². The molecule has 0 spiro atoms. The summed E-state index contributed by atoms with van der Waals surface area (Å²) in [4.78, 5) is 25.0. The summed E-state index contributed by atoms with van der Waals surface area (Å²) in [6.45, 7) is 2.23. The molecule has 0 bridgehead atoms. The third kappa shape index (κ3) is 3.53. The van der Waals surface area contributed by atoms with Crippen molar-refractivity contribution in [2.75, 3.05) is 19.8 Å². The second-order valence-electron chi connectivity index (χ2n) is 5.99. The Labute approximate surface area is 144 Å². The highest BCUT2D eigenvalue weighted by Crippen LogP contribution is 2.24. The summed E-state index contributed by atoms with van der Waals surface area (Å²) in [5.41, 5.74) is 2.47. The maximum Gasteiger partial charge on any atom is 0.328 e. The average molecular weight is 343 g/mol. The maximum atomic E-state index is 14.5. The standard InChI is InChI=1S/C19H18FNO4/c1-12-2-4-13(5-3-12)14-6-7-15(16(20)10-14)18(22)21-8-9-25-11-17(21)19(23)24/h2-7,10,17H,8-9,11H2,1H3,(H,23,24). The molecule has 2 aromatic carbocycles. The van der Waals surface area contributed by atoms with E-state index in [2.05, 4.69) is 0 Å². The van der Waals surface area contributed by atoms with E-state index in [4.69, 9.17) is 4.74 Å². The molecule has 1 unspecified atom stereocenters. The number of hydrogen-bond acceptors (Lipinski definition) is 3. The van der Waals surface area contributed by atoms with Gasteiger partial charge in [0.1, 0.15) is 5.82 Å². The van der Waals surface area contributed by atoms with Gasteiger partial charge in [-0.15, -0.1) is 0 Å². The van der Waals surface area contributed by atoms with Gasteiger partial charge in [-0.3, -0.25) is 4.79 Å². The number of morpholine rings is 1. The Hall–Kier alpha value is -2.73. The molecule has 130 valence electrons. The minimum absolute atomic E-state index is 0.0931. The van der Waals surface area contributed by atoms with Crippen molar-refractivity contribution in [1.29, 1.82) is 0 Å². The summed E-state index contributed by atoms with van der Waals surface area (Å²) in [7, 11) is 0. The van der Waals surface area contributed by atoms with Crippen LogP contribution in [-0.2, 0) is 9.53 Å². The molecule has 1 aliphatic rings. The number of halogens is 1. The maximum absolute atomic E-state index is 14.5. The molecule has 0 saturated carbocycles. The van der Waals surface area contributed by atoms with Crippen molar-refractivity contribution in [1.82, 2.24) is 4.90 Å². The predicted octanol–water partition coefficient (Wildman–Crippen LogP) is 2.73. The van der Waals surface area contributed by atoms with Gasteiger partial charge in [-0.2, -0.15) is 0 Å². The van der Waals surface area contributed by atoms with E-state index in [0.717, 1.165) is 16.0 Å². The number of aliphatic carboxylic acids is 1. The van der Waals surface area contributed by atoms with Gasteiger partial charge in [0, 0.05) is 6.54 Å². The zero-order valence-electron chi connectivity index (χ0n) is 13.7. The third-order valence-electron chi connectivity index (χ3n) is 4.26. The molecule has 1 aliphatic heterocycles. The monoisotopic (exact) mass is 343 g/mol. The van der Waals surface area contributed by atoms with Gasteiger partial charge >= 0.3 is 5.97 Å². The van der Waals surface area contributed by atoms with Crippen molar-refractivity contribution in [3.8, 4) is 11.1 Å². The number of aryl methyl sites for hydroxylation is 1.